The van der Waals surface area contributed by atoms with E-state index in [1.807, 2.05) is 42.5 Å². The van der Waals surface area contributed by atoms with Crippen LogP contribution in [0.1, 0.15) is 10.5 Å². The highest BCUT2D eigenvalue weighted by molar-refractivity contribution is 5.94. The summed E-state index contributed by atoms with van der Waals surface area (Å²) in [6, 6.07) is 18.4. The zero-order chi connectivity index (χ0) is 17.9. The molecule has 1 N–H and O–H groups in total. The number of carbonyl (C=O) groups excluding carboxylic acids is 1. The topological polar surface area (TPSA) is 76.9 Å². The third kappa shape index (κ3) is 3.04. The third-order valence-corrected chi connectivity index (χ3v) is 4.20. The molecule has 4 rings (SSSR count). The molecule has 26 heavy (non-hydrogen) atoms. The largest absolute Gasteiger partial charge is 0.349 e. The number of para-hydroxylation sites is 2. The molecule has 6 heteroatoms. The molecule has 0 bridgehead atoms. The van der Waals surface area contributed by atoms with Gasteiger partial charge >= 0.3 is 0 Å². The van der Waals surface area contributed by atoms with E-state index < -0.39 is 0 Å². The summed E-state index contributed by atoms with van der Waals surface area (Å²) in [7, 11) is 0. The molecule has 0 aliphatic heterocycles. The van der Waals surface area contributed by atoms with Gasteiger partial charge in [-0.3, -0.25) is 14.2 Å². The van der Waals surface area contributed by atoms with Crippen LogP contribution in [0.15, 0.2) is 71.8 Å². The van der Waals surface area contributed by atoms with Gasteiger partial charge in [0.15, 0.2) is 0 Å². The Morgan fingerprint density at radius 3 is 2.62 bits per heavy atom. The predicted molar refractivity (Wildman–Crippen MR) is 100 cm³/mol. The van der Waals surface area contributed by atoms with E-state index in [1.165, 1.54) is 10.9 Å². The van der Waals surface area contributed by atoms with Crippen LogP contribution in [0.3, 0.4) is 0 Å². The normalized spacial score (nSPS) is 10.9. The molecule has 1 amide bonds. The maximum atomic E-state index is 12.4. The lowest BCUT2D eigenvalue weighted by molar-refractivity contribution is 0.0947. The number of pyridine rings is 1. The van der Waals surface area contributed by atoms with Crippen molar-refractivity contribution in [2.24, 2.45) is 0 Å². The van der Waals surface area contributed by atoms with Crippen LogP contribution < -0.4 is 10.9 Å². The van der Waals surface area contributed by atoms with Crippen LogP contribution in [0.2, 0.25) is 0 Å². The maximum Gasteiger partial charge on any atom is 0.269 e. The highest BCUT2D eigenvalue weighted by Crippen LogP contribution is 2.11. The van der Waals surface area contributed by atoms with Crippen molar-refractivity contribution in [3.8, 4) is 0 Å². The Morgan fingerprint density at radius 2 is 1.73 bits per heavy atom. The summed E-state index contributed by atoms with van der Waals surface area (Å²) in [6.45, 7) is 0.656. The molecule has 0 aliphatic carbocycles. The van der Waals surface area contributed by atoms with Crippen molar-refractivity contribution < 1.29 is 4.79 Å². The number of fused-ring (bicyclic) bond motifs is 2. The number of rotatable bonds is 4. The summed E-state index contributed by atoms with van der Waals surface area (Å²) in [5.41, 5.74) is 1.68. The molecule has 0 fully saturated rings. The van der Waals surface area contributed by atoms with Gasteiger partial charge in [0.2, 0.25) is 0 Å². The lowest BCUT2D eigenvalue weighted by atomic mass is 10.2. The van der Waals surface area contributed by atoms with E-state index in [0.29, 0.717) is 29.7 Å². The molecule has 0 saturated carbocycles. The zero-order valence-corrected chi connectivity index (χ0v) is 13.9. The van der Waals surface area contributed by atoms with Crippen molar-refractivity contribution in [1.29, 1.82) is 0 Å². The maximum absolute atomic E-state index is 12.4. The second kappa shape index (κ2) is 6.76. The first kappa shape index (κ1) is 16.0. The molecule has 0 saturated heterocycles. The Morgan fingerprint density at radius 1 is 0.962 bits per heavy atom. The Kier molecular flexibility index (Phi) is 4.15. The summed E-state index contributed by atoms with van der Waals surface area (Å²) >= 11 is 0. The number of hydrogen-bond donors (Lipinski definition) is 1. The number of amides is 1. The van der Waals surface area contributed by atoms with Crippen LogP contribution in [0.25, 0.3) is 21.8 Å². The molecule has 0 atom stereocenters. The van der Waals surface area contributed by atoms with Gasteiger partial charge in [-0.1, -0.05) is 36.4 Å². The van der Waals surface area contributed by atoms with Gasteiger partial charge in [0, 0.05) is 18.5 Å². The van der Waals surface area contributed by atoms with E-state index in [0.717, 1.165) is 10.9 Å². The second-order valence-electron chi connectivity index (χ2n) is 5.91. The molecular weight excluding hydrogens is 328 g/mol. The molecule has 0 unspecified atom stereocenters. The van der Waals surface area contributed by atoms with Gasteiger partial charge in [0.1, 0.15) is 5.69 Å². The SMILES string of the molecule is O=C(NCCn1cnc2ccccc2c1=O)c1ccc2ccccc2n1. The summed E-state index contributed by atoms with van der Waals surface area (Å²) in [4.78, 5) is 33.4. The fourth-order valence-corrected chi connectivity index (χ4v) is 2.84. The second-order valence-corrected chi connectivity index (χ2v) is 5.91. The third-order valence-electron chi connectivity index (χ3n) is 4.20. The smallest absolute Gasteiger partial charge is 0.269 e. The lowest BCUT2D eigenvalue weighted by Crippen LogP contribution is -2.31. The van der Waals surface area contributed by atoms with E-state index in [2.05, 4.69) is 15.3 Å². The number of aromatic nitrogens is 3. The predicted octanol–water partition coefficient (Wildman–Crippen LogP) is 2.37. The van der Waals surface area contributed by atoms with Crippen molar-refractivity contribution >= 4 is 27.7 Å². The number of hydrogen-bond acceptors (Lipinski definition) is 4. The van der Waals surface area contributed by atoms with Crippen molar-refractivity contribution in [1.82, 2.24) is 19.9 Å². The van der Waals surface area contributed by atoms with Gasteiger partial charge in [-0.05, 0) is 24.3 Å². The summed E-state index contributed by atoms with van der Waals surface area (Å²) in [6.07, 6.45) is 1.51. The first-order valence-corrected chi connectivity index (χ1v) is 8.30. The number of nitrogens with zero attached hydrogens (tertiary/aromatic N) is 3. The molecule has 2 aromatic carbocycles. The molecule has 2 heterocycles. The number of benzene rings is 2. The van der Waals surface area contributed by atoms with Gasteiger partial charge in [0.05, 0.1) is 22.7 Å². The minimum absolute atomic E-state index is 0.117. The van der Waals surface area contributed by atoms with Crippen LogP contribution in [0, 0.1) is 0 Å². The van der Waals surface area contributed by atoms with Crippen molar-refractivity contribution in [3.05, 3.63) is 83.0 Å². The fraction of sp³-hybridized carbons (Fsp3) is 0.100. The molecule has 4 aromatic rings. The Balaban J connectivity index is 1.46. The van der Waals surface area contributed by atoms with Crippen LogP contribution in [0.4, 0.5) is 0 Å². The molecule has 0 aliphatic rings. The summed E-state index contributed by atoms with van der Waals surface area (Å²) in [5, 5.41) is 4.35. The standard InChI is InChI=1S/C20H16N4O2/c25-19(18-10-9-14-5-1-3-7-16(14)23-18)21-11-12-24-13-22-17-8-4-2-6-15(17)20(24)26/h1-10,13H,11-12H2,(H,21,25). The average Bonchev–Trinajstić information content (AvgIpc) is 2.69. The molecule has 0 radical (unpaired) electrons. The van der Waals surface area contributed by atoms with Gasteiger partial charge in [-0.25, -0.2) is 9.97 Å². The fourth-order valence-electron chi connectivity index (χ4n) is 2.84. The van der Waals surface area contributed by atoms with Crippen molar-refractivity contribution in [3.63, 3.8) is 0 Å². The lowest BCUT2D eigenvalue weighted by Gasteiger charge is -2.08. The monoisotopic (exact) mass is 344 g/mol. The van der Waals surface area contributed by atoms with Crippen molar-refractivity contribution in [2.75, 3.05) is 6.54 Å². The molecule has 6 nitrogen and oxygen atoms in total. The van der Waals surface area contributed by atoms with E-state index >= 15 is 0 Å². The van der Waals surface area contributed by atoms with Gasteiger partial charge < -0.3 is 5.32 Å². The average molecular weight is 344 g/mol. The van der Waals surface area contributed by atoms with Gasteiger partial charge in [0.25, 0.3) is 11.5 Å². The number of nitrogens with one attached hydrogen (secondary N) is 1. The Labute approximate surface area is 149 Å². The summed E-state index contributed by atoms with van der Waals surface area (Å²) in [5.74, 6) is -0.266. The van der Waals surface area contributed by atoms with Gasteiger partial charge in [-0.15, -0.1) is 0 Å². The Bertz CT molecular complexity index is 1170. The van der Waals surface area contributed by atoms with Gasteiger partial charge in [-0.2, -0.15) is 0 Å². The minimum Gasteiger partial charge on any atom is -0.349 e. The van der Waals surface area contributed by atoms with E-state index in [1.54, 1.807) is 18.2 Å². The summed E-state index contributed by atoms with van der Waals surface area (Å²) < 4.78 is 1.50. The quantitative estimate of drug-likeness (QED) is 0.617. The molecule has 128 valence electrons. The highest BCUT2D eigenvalue weighted by Gasteiger charge is 2.08. The molecule has 2 aromatic heterocycles. The minimum atomic E-state index is -0.266. The number of carbonyl (C=O) groups is 1. The Hall–Kier alpha value is -3.54. The molecular formula is C20H16N4O2. The first-order valence-electron chi connectivity index (χ1n) is 8.30. The van der Waals surface area contributed by atoms with Crippen LogP contribution in [0.5, 0.6) is 0 Å². The van der Waals surface area contributed by atoms with Crippen LogP contribution in [-0.4, -0.2) is 27.0 Å². The zero-order valence-electron chi connectivity index (χ0n) is 13.9. The van der Waals surface area contributed by atoms with E-state index in [-0.39, 0.29) is 11.5 Å². The highest BCUT2D eigenvalue weighted by atomic mass is 16.2. The van der Waals surface area contributed by atoms with E-state index in [9.17, 15) is 9.59 Å². The first-order chi connectivity index (χ1) is 12.7. The van der Waals surface area contributed by atoms with Crippen LogP contribution in [-0.2, 0) is 6.54 Å². The van der Waals surface area contributed by atoms with E-state index in [4.69, 9.17) is 0 Å². The van der Waals surface area contributed by atoms with Crippen molar-refractivity contribution in [2.45, 2.75) is 6.54 Å². The van der Waals surface area contributed by atoms with Crippen LogP contribution >= 0.6 is 0 Å². The molecule has 0 spiro atoms.